The van der Waals surface area contributed by atoms with Gasteiger partial charge in [0.05, 0.1) is 12.6 Å². The second-order valence-corrected chi connectivity index (χ2v) is 5.70. The molecule has 1 amide bonds. The Morgan fingerprint density at radius 3 is 2.71 bits per heavy atom. The smallest absolute Gasteiger partial charge is 0.255 e. The third-order valence-corrected chi connectivity index (χ3v) is 4.78. The lowest BCUT2D eigenvalue weighted by Gasteiger charge is -2.33. The number of rotatable bonds is 2. The molecule has 2 aromatic rings. The van der Waals surface area contributed by atoms with E-state index < -0.39 is 0 Å². The van der Waals surface area contributed by atoms with Crippen LogP contribution in [0.25, 0.3) is 0 Å². The molecule has 2 aliphatic heterocycles. The Morgan fingerprint density at radius 2 is 1.95 bits per heavy atom. The number of benzene rings is 2. The average Bonchev–Trinajstić information content (AvgIpc) is 3.08. The summed E-state index contributed by atoms with van der Waals surface area (Å²) in [5.74, 6) is 0.958. The quantitative estimate of drug-likeness (QED) is 0.845. The molecule has 0 radical (unpaired) electrons. The predicted molar refractivity (Wildman–Crippen MR) is 80.5 cm³/mol. The number of hydrogen-bond acceptors (Lipinski definition) is 2. The molecule has 0 aromatic heterocycles. The van der Waals surface area contributed by atoms with Crippen molar-refractivity contribution in [3.05, 3.63) is 65.2 Å². The maximum atomic E-state index is 12.7. The normalized spacial score (nSPS) is 23.1. The Labute approximate surface area is 124 Å². The van der Waals surface area contributed by atoms with Crippen molar-refractivity contribution in [1.82, 2.24) is 4.90 Å². The second-order valence-electron chi connectivity index (χ2n) is 5.70. The van der Waals surface area contributed by atoms with Crippen molar-refractivity contribution < 1.29 is 9.53 Å². The largest absolute Gasteiger partial charge is 0.497 e. The predicted octanol–water partition coefficient (Wildman–Crippen LogP) is 3.19. The van der Waals surface area contributed by atoms with E-state index in [0.29, 0.717) is 0 Å². The monoisotopic (exact) mass is 279 g/mol. The highest BCUT2D eigenvalue weighted by atomic mass is 16.5. The van der Waals surface area contributed by atoms with Crippen LogP contribution in [0, 0.1) is 0 Å². The molecule has 0 bridgehead atoms. The van der Waals surface area contributed by atoms with Crippen LogP contribution in [-0.4, -0.2) is 24.5 Å². The van der Waals surface area contributed by atoms with Gasteiger partial charge < -0.3 is 9.64 Å². The fourth-order valence-corrected chi connectivity index (χ4v) is 3.87. The molecule has 1 atom stereocenters. The highest BCUT2D eigenvalue weighted by molar-refractivity contribution is 6.01. The van der Waals surface area contributed by atoms with Gasteiger partial charge in [-0.25, -0.2) is 0 Å². The molecule has 1 fully saturated rings. The third kappa shape index (κ3) is 1.52. The van der Waals surface area contributed by atoms with Crippen molar-refractivity contribution >= 4 is 5.91 Å². The lowest BCUT2D eigenvalue weighted by atomic mass is 9.81. The number of ether oxygens (including phenoxy) is 1. The number of carbonyl (C=O) groups is 1. The summed E-state index contributed by atoms with van der Waals surface area (Å²) in [4.78, 5) is 14.8. The number of nitrogens with zero attached hydrogens (tertiary/aromatic N) is 1. The van der Waals surface area contributed by atoms with E-state index in [1.807, 2.05) is 41.3 Å². The lowest BCUT2D eigenvalue weighted by Crippen LogP contribution is -2.39. The van der Waals surface area contributed by atoms with Crippen LogP contribution < -0.4 is 4.74 Å². The molecule has 2 aromatic carbocycles. The first-order valence-corrected chi connectivity index (χ1v) is 7.33. The Morgan fingerprint density at radius 1 is 1.14 bits per heavy atom. The van der Waals surface area contributed by atoms with Crippen LogP contribution in [0.15, 0.2) is 48.5 Å². The minimum absolute atomic E-state index is 0.147. The molecule has 0 saturated carbocycles. The van der Waals surface area contributed by atoms with Gasteiger partial charge in [-0.05, 0) is 42.2 Å². The zero-order valence-corrected chi connectivity index (χ0v) is 12.0. The maximum absolute atomic E-state index is 12.7. The van der Waals surface area contributed by atoms with Gasteiger partial charge in [0, 0.05) is 12.1 Å². The fourth-order valence-electron chi connectivity index (χ4n) is 3.87. The van der Waals surface area contributed by atoms with Gasteiger partial charge in [-0.3, -0.25) is 4.79 Å². The van der Waals surface area contributed by atoms with E-state index in [9.17, 15) is 4.79 Å². The van der Waals surface area contributed by atoms with Crippen molar-refractivity contribution in [3.8, 4) is 5.75 Å². The van der Waals surface area contributed by atoms with Crippen LogP contribution in [0.5, 0.6) is 5.75 Å². The lowest BCUT2D eigenvalue weighted by molar-refractivity contribution is 0.0711. The van der Waals surface area contributed by atoms with Gasteiger partial charge in [0.1, 0.15) is 5.75 Å². The number of carbonyl (C=O) groups excluding carboxylic acids is 1. The summed E-state index contributed by atoms with van der Waals surface area (Å²) >= 11 is 0. The van der Waals surface area contributed by atoms with Crippen LogP contribution in [0.3, 0.4) is 0 Å². The van der Waals surface area contributed by atoms with Crippen molar-refractivity contribution in [1.29, 1.82) is 0 Å². The van der Waals surface area contributed by atoms with Crippen molar-refractivity contribution in [2.45, 2.75) is 18.4 Å². The third-order valence-electron chi connectivity index (χ3n) is 4.78. The SMILES string of the molecule is COc1ccc2c(c1)C1(c3ccccc3)CCCN1C2=O. The first kappa shape index (κ1) is 12.5. The van der Waals surface area contributed by atoms with Crippen molar-refractivity contribution in [3.63, 3.8) is 0 Å². The van der Waals surface area contributed by atoms with E-state index in [0.717, 1.165) is 36.3 Å². The van der Waals surface area contributed by atoms with Gasteiger partial charge in [0.15, 0.2) is 0 Å². The molecule has 1 unspecified atom stereocenters. The van der Waals surface area contributed by atoms with E-state index >= 15 is 0 Å². The van der Waals surface area contributed by atoms with Crippen LogP contribution in [0.4, 0.5) is 0 Å². The number of hydrogen-bond donors (Lipinski definition) is 0. The minimum Gasteiger partial charge on any atom is -0.497 e. The van der Waals surface area contributed by atoms with Crippen molar-refractivity contribution in [2.75, 3.05) is 13.7 Å². The van der Waals surface area contributed by atoms with Gasteiger partial charge in [-0.1, -0.05) is 30.3 Å². The molecule has 3 nitrogen and oxygen atoms in total. The maximum Gasteiger partial charge on any atom is 0.255 e. The van der Waals surface area contributed by atoms with Crippen molar-refractivity contribution in [2.24, 2.45) is 0 Å². The molecule has 0 N–H and O–H groups in total. The van der Waals surface area contributed by atoms with E-state index in [-0.39, 0.29) is 11.4 Å². The Kier molecular flexibility index (Phi) is 2.58. The van der Waals surface area contributed by atoms with Gasteiger partial charge in [0.2, 0.25) is 0 Å². The molecule has 2 heterocycles. The second kappa shape index (κ2) is 4.35. The van der Waals surface area contributed by atoms with Crippen LogP contribution in [0.1, 0.15) is 34.3 Å². The summed E-state index contributed by atoms with van der Waals surface area (Å²) in [6.45, 7) is 0.824. The number of amides is 1. The molecule has 0 aliphatic carbocycles. The first-order valence-electron chi connectivity index (χ1n) is 7.33. The summed E-state index contributed by atoms with van der Waals surface area (Å²) in [6, 6.07) is 16.2. The van der Waals surface area contributed by atoms with Gasteiger partial charge in [0.25, 0.3) is 5.91 Å². The summed E-state index contributed by atoms with van der Waals surface area (Å²) in [5, 5.41) is 0. The van der Waals surface area contributed by atoms with E-state index in [1.165, 1.54) is 5.56 Å². The Bertz CT molecular complexity index is 710. The van der Waals surface area contributed by atoms with E-state index in [2.05, 4.69) is 12.1 Å². The molecular formula is C18H17NO2. The molecule has 21 heavy (non-hydrogen) atoms. The van der Waals surface area contributed by atoms with E-state index in [1.54, 1.807) is 7.11 Å². The number of methoxy groups -OCH3 is 1. The number of fused-ring (bicyclic) bond motifs is 3. The summed E-state index contributed by atoms with van der Waals surface area (Å²) < 4.78 is 5.37. The minimum atomic E-state index is -0.303. The summed E-state index contributed by atoms with van der Waals surface area (Å²) in [7, 11) is 1.67. The Balaban J connectivity index is 2.00. The first-order chi connectivity index (χ1) is 10.3. The molecule has 106 valence electrons. The molecule has 0 spiro atoms. The highest BCUT2D eigenvalue weighted by Crippen LogP contribution is 2.51. The summed E-state index contributed by atoms with van der Waals surface area (Å²) in [6.07, 6.45) is 2.01. The summed E-state index contributed by atoms with van der Waals surface area (Å²) in [5.41, 5.74) is 2.81. The molecule has 4 rings (SSSR count). The zero-order valence-electron chi connectivity index (χ0n) is 12.0. The van der Waals surface area contributed by atoms with E-state index in [4.69, 9.17) is 4.74 Å². The van der Waals surface area contributed by atoms with Crippen LogP contribution in [0.2, 0.25) is 0 Å². The van der Waals surface area contributed by atoms with Gasteiger partial charge >= 0.3 is 0 Å². The van der Waals surface area contributed by atoms with Gasteiger partial charge in [-0.15, -0.1) is 0 Å². The molecule has 2 aliphatic rings. The molecular weight excluding hydrogens is 262 g/mol. The van der Waals surface area contributed by atoms with Crippen LogP contribution >= 0.6 is 0 Å². The topological polar surface area (TPSA) is 29.5 Å². The Hall–Kier alpha value is -2.29. The fraction of sp³-hybridized carbons (Fsp3) is 0.278. The highest BCUT2D eigenvalue weighted by Gasteiger charge is 2.53. The average molecular weight is 279 g/mol. The standard InChI is InChI=1S/C18H17NO2/c1-21-14-8-9-15-16(12-14)18(13-6-3-2-4-7-13)10-5-11-19(18)17(15)20/h2-4,6-9,12H,5,10-11H2,1H3. The zero-order chi connectivity index (χ0) is 14.4. The van der Waals surface area contributed by atoms with Crippen LogP contribution in [-0.2, 0) is 5.54 Å². The molecule has 1 saturated heterocycles. The van der Waals surface area contributed by atoms with Gasteiger partial charge in [-0.2, -0.15) is 0 Å². The molecule has 3 heteroatoms.